The van der Waals surface area contributed by atoms with E-state index in [0.29, 0.717) is 18.1 Å². The Morgan fingerprint density at radius 1 is 1.50 bits per heavy atom. The lowest BCUT2D eigenvalue weighted by Crippen LogP contribution is -2.39. The summed E-state index contributed by atoms with van der Waals surface area (Å²) in [5.74, 6) is 1.39. The molecule has 0 aromatic rings. The Balaban J connectivity index is 2.17. The molecule has 2 unspecified atom stereocenters. The van der Waals surface area contributed by atoms with Crippen LogP contribution in [0.2, 0.25) is 0 Å². The first-order valence-electron chi connectivity index (χ1n) is 5.65. The molecule has 1 heterocycles. The normalized spacial score (nSPS) is 24.4. The maximum Gasteiger partial charge on any atom is 0.0700 e. The third-order valence-corrected chi connectivity index (χ3v) is 3.07. The second-order valence-electron chi connectivity index (χ2n) is 4.37. The zero-order chi connectivity index (χ0) is 10.4. The second-order valence-corrected chi connectivity index (χ2v) is 4.75. The van der Waals surface area contributed by atoms with Crippen LogP contribution in [0.25, 0.3) is 0 Å². The molecule has 0 saturated carbocycles. The number of alkyl halides is 1. The van der Waals surface area contributed by atoms with E-state index >= 15 is 0 Å². The lowest BCUT2D eigenvalue weighted by atomic mass is 10.0. The van der Waals surface area contributed by atoms with Gasteiger partial charge in [0.15, 0.2) is 0 Å². The van der Waals surface area contributed by atoms with Gasteiger partial charge in [0.1, 0.15) is 0 Å². The number of ether oxygens (including phenoxy) is 1. The van der Waals surface area contributed by atoms with E-state index in [-0.39, 0.29) is 0 Å². The van der Waals surface area contributed by atoms with Crippen molar-refractivity contribution in [2.24, 2.45) is 5.92 Å². The highest BCUT2D eigenvalue weighted by Gasteiger charge is 2.18. The minimum atomic E-state index is 0.437. The van der Waals surface area contributed by atoms with Crippen molar-refractivity contribution >= 4 is 11.6 Å². The molecule has 1 rings (SSSR count). The maximum absolute atomic E-state index is 5.76. The first-order valence-corrected chi connectivity index (χ1v) is 6.18. The smallest absolute Gasteiger partial charge is 0.0700 e. The minimum Gasteiger partial charge on any atom is -0.377 e. The highest BCUT2D eigenvalue weighted by atomic mass is 35.5. The molecule has 0 bridgehead atoms. The van der Waals surface area contributed by atoms with Crippen molar-refractivity contribution in [3.05, 3.63) is 0 Å². The van der Waals surface area contributed by atoms with Crippen molar-refractivity contribution in [1.82, 2.24) is 5.32 Å². The zero-order valence-corrected chi connectivity index (χ0v) is 10.0. The fourth-order valence-corrected chi connectivity index (χ4v) is 2.11. The quantitative estimate of drug-likeness (QED) is 0.693. The van der Waals surface area contributed by atoms with Crippen molar-refractivity contribution < 1.29 is 4.74 Å². The largest absolute Gasteiger partial charge is 0.377 e. The Kier molecular flexibility index (Phi) is 5.83. The average molecular weight is 220 g/mol. The van der Waals surface area contributed by atoms with E-state index in [1.165, 1.54) is 12.8 Å². The van der Waals surface area contributed by atoms with Gasteiger partial charge in [0.05, 0.1) is 6.10 Å². The lowest BCUT2D eigenvalue weighted by Gasteiger charge is -2.23. The Labute approximate surface area is 92.3 Å². The lowest BCUT2D eigenvalue weighted by molar-refractivity contribution is 0.105. The molecule has 1 N–H and O–H groups in total. The number of hydrogen-bond acceptors (Lipinski definition) is 2. The third-order valence-electron chi connectivity index (χ3n) is 2.86. The van der Waals surface area contributed by atoms with Crippen molar-refractivity contribution in [3.8, 4) is 0 Å². The van der Waals surface area contributed by atoms with Crippen LogP contribution in [0.3, 0.4) is 0 Å². The van der Waals surface area contributed by atoms with Gasteiger partial charge in [-0.15, -0.1) is 11.6 Å². The number of rotatable bonds is 6. The van der Waals surface area contributed by atoms with E-state index in [1.807, 2.05) is 0 Å². The number of halogens is 1. The van der Waals surface area contributed by atoms with E-state index < -0.39 is 0 Å². The van der Waals surface area contributed by atoms with E-state index in [1.54, 1.807) is 0 Å². The molecule has 2 nitrogen and oxygen atoms in total. The molecule has 3 heteroatoms. The topological polar surface area (TPSA) is 21.3 Å². The average Bonchev–Trinajstić information content (AvgIpc) is 2.64. The molecule has 1 fully saturated rings. The van der Waals surface area contributed by atoms with Crippen LogP contribution in [-0.4, -0.2) is 31.2 Å². The fraction of sp³-hybridized carbons (Fsp3) is 1.00. The second kappa shape index (κ2) is 6.65. The Hall–Kier alpha value is 0.210. The van der Waals surface area contributed by atoms with Gasteiger partial charge in [-0.1, -0.05) is 13.8 Å². The first kappa shape index (κ1) is 12.3. The van der Waals surface area contributed by atoms with Crippen molar-refractivity contribution in [2.45, 2.75) is 45.3 Å². The summed E-state index contributed by atoms with van der Waals surface area (Å²) in [7, 11) is 0. The SMILES string of the molecule is CC(C)C(CCCl)NCC1CCCO1. The Morgan fingerprint density at radius 3 is 2.79 bits per heavy atom. The van der Waals surface area contributed by atoms with Gasteiger partial charge in [-0.05, 0) is 25.2 Å². The fourth-order valence-electron chi connectivity index (χ4n) is 1.88. The van der Waals surface area contributed by atoms with Crippen molar-refractivity contribution in [3.63, 3.8) is 0 Å². The third kappa shape index (κ3) is 4.16. The number of nitrogens with one attached hydrogen (secondary N) is 1. The first-order chi connectivity index (χ1) is 6.74. The summed E-state index contributed by atoms with van der Waals surface area (Å²) in [5, 5.41) is 3.55. The molecule has 0 amide bonds. The van der Waals surface area contributed by atoms with Crippen LogP contribution >= 0.6 is 11.6 Å². The summed E-state index contributed by atoms with van der Waals surface area (Å²) in [4.78, 5) is 0. The van der Waals surface area contributed by atoms with Crippen LogP contribution in [0.4, 0.5) is 0 Å². The van der Waals surface area contributed by atoms with Gasteiger partial charge in [-0.25, -0.2) is 0 Å². The van der Waals surface area contributed by atoms with Crippen molar-refractivity contribution in [2.75, 3.05) is 19.0 Å². The Bertz CT molecular complexity index is 146. The molecular weight excluding hydrogens is 198 g/mol. The summed E-state index contributed by atoms with van der Waals surface area (Å²) in [6.07, 6.45) is 3.91. The molecule has 0 radical (unpaired) electrons. The van der Waals surface area contributed by atoms with Crippen LogP contribution in [-0.2, 0) is 4.74 Å². The van der Waals surface area contributed by atoms with Gasteiger partial charge in [0.25, 0.3) is 0 Å². The molecule has 0 spiro atoms. The van der Waals surface area contributed by atoms with Gasteiger partial charge in [-0.3, -0.25) is 0 Å². The minimum absolute atomic E-state index is 0.437. The van der Waals surface area contributed by atoms with Crippen LogP contribution < -0.4 is 5.32 Å². The Morgan fingerprint density at radius 2 is 2.29 bits per heavy atom. The zero-order valence-electron chi connectivity index (χ0n) is 9.26. The molecule has 1 aliphatic rings. The van der Waals surface area contributed by atoms with Crippen LogP contribution in [0.15, 0.2) is 0 Å². The monoisotopic (exact) mass is 219 g/mol. The van der Waals surface area contributed by atoms with E-state index in [0.717, 1.165) is 25.5 Å². The number of hydrogen-bond donors (Lipinski definition) is 1. The van der Waals surface area contributed by atoms with E-state index in [4.69, 9.17) is 16.3 Å². The predicted molar refractivity (Wildman–Crippen MR) is 60.9 cm³/mol. The summed E-state index contributed by atoms with van der Waals surface area (Å²) in [5.41, 5.74) is 0. The van der Waals surface area contributed by atoms with Gasteiger partial charge in [0, 0.05) is 25.1 Å². The van der Waals surface area contributed by atoms with Gasteiger partial charge in [0.2, 0.25) is 0 Å². The standard InChI is InChI=1S/C11H22ClNO/c1-9(2)11(5-6-12)13-8-10-4-3-7-14-10/h9-11,13H,3-8H2,1-2H3. The summed E-state index contributed by atoms with van der Waals surface area (Å²) in [6, 6.07) is 0.539. The maximum atomic E-state index is 5.76. The van der Waals surface area contributed by atoms with Crippen LogP contribution in [0, 0.1) is 5.92 Å². The van der Waals surface area contributed by atoms with Gasteiger partial charge >= 0.3 is 0 Å². The van der Waals surface area contributed by atoms with Crippen LogP contribution in [0.1, 0.15) is 33.1 Å². The van der Waals surface area contributed by atoms with Crippen LogP contribution in [0.5, 0.6) is 0 Å². The molecule has 1 saturated heterocycles. The molecule has 84 valence electrons. The van der Waals surface area contributed by atoms with E-state index in [2.05, 4.69) is 19.2 Å². The van der Waals surface area contributed by atoms with E-state index in [9.17, 15) is 0 Å². The van der Waals surface area contributed by atoms with Gasteiger partial charge < -0.3 is 10.1 Å². The molecule has 0 aliphatic carbocycles. The molecular formula is C11H22ClNO. The summed E-state index contributed by atoms with van der Waals surface area (Å²) >= 11 is 5.76. The summed E-state index contributed by atoms with van der Waals surface area (Å²) in [6.45, 7) is 6.40. The predicted octanol–water partition coefficient (Wildman–Crippen LogP) is 2.41. The van der Waals surface area contributed by atoms with Crippen molar-refractivity contribution in [1.29, 1.82) is 0 Å². The summed E-state index contributed by atoms with van der Waals surface area (Å²) < 4.78 is 5.57. The molecule has 0 aromatic heterocycles. The highest BCUT2D eigenvalue weighted by Crippen LogP contribution is 2.13. The van der Waals surface area contributed by atoms with Gasteiger partial charge in [-0.2, -0.15) is 0 Å². The molecule has 1 aliphatic heterocycles. The molecule has 0 aromatic carbocycles. The molecule has 2 atom stereocenters. The molecule has 14 heavy (non-hydrogen) atoms. The highest BCUT2D eigenvalue weighted by molar-refractivity contribution is 6.17.